The Hall–Kier alpha value is -4.20. The fourth-order valence-electron chi connectivity index (χ4n) is 4.36. The van der Waals surface area contributed by atoms with Crippen LogP contribution in [0.4, 0.5) is 10.5 Å². The lowest BCUT2D eigenvalue weighted by molar-refractivity contribution is -0.138. The normalized spacial score (nSPS) is 12.8. The number of hydrogen-bond acceptors (Lipinski definition) is 5. The van der Waals surface area contributed by atoms with E-state index >= 15 is 0 Å². The molecule has 0 fully saturated rings. The van der Waals surface area contributed by atoms with Gasteiger partial charge in [-0.2, -0.15) is 0 Å². The molecule has 0 bridgehead atoms. The van der Waals surface area contributed by atoms with E-state index in [0.717, 1.165) is 22.3 Å². The number of nitrogens with one attached hydrogen (secondary N) is 2. The lowest BCUT2D eigenvalue weighted by Crippen LogP contribution is -2.31. The van der Waals surface area contributed by atoms with Crippen LogP contribution in [0.3, 0.4) is 0 Å². The molecule has 2 amide bonds. The SMILES string of the molecule is CCC(CNC(=O)c1ncccc1NC(=O)OCC1c2ccccc2-c2ccccc21)CC(=O)O. The average Bonchev–Trinajstić information content (AvgIpc) is 3.19. The van der Waals surface area contributed by atoms with Crippen LogP contribution in [0.5, 0.6) is 0 Å². The number of ether oxygens (including phenoxy) is 1. The van der Waals surface area contributed by atoms with Crippen LogP contribution in [0.1, 0.15) is 47.3 Å². The van der Waals surface area contributed by atoms with Gasteiger partial charge in [-0.25, -0.2) is 9.78 Å². The van der Waals surface area contributed by atoms with Crippen LogP contribution in [0.15, 0.2) is 66.9 Å². The monoisotopic (exact) mass is 473 g/mol. The van der Waals surface area contributed by atoms with Crippen molar-refractivity contribution in [2.75, 3.05) is 18.5 Å². The van der Waals surface area contributed by atoms with Gasteiger partial charge in [0, 0.05) is 25.1 Å². The van der Waals surface area contributed by atoms with Crippen LogP contribution in [0.2, 0.25) is 0 Å². The van der Waals surface area contributed by atoms with Crippen molar-refractivity contribution in [1.82, 2.24) is 10.3 Å². The summed E-state index contributed by atoms with van der Waals surface area (Å²) < 4.78 is 5.56. The molecule has 0 radical (unpaired) electrons. The summed E-state index contributed by atoms with van der Waals surface area (Å²) in [5.41, 5.74) is 4.73. The fourth-order valence-corrected chi connectivity index (χ4v) is 4.36. The van der Waals surface area contributed by atoms with Gasteiger partial charge in [-0.15, -0.1) is 0 Å². The second kappa shape index (κ2) is 10.8. The second-order valence-electron chi connectivity index (χ2n) is 8.43. The Bertz CT molecular complexity index is 1200. The van der Waals surface area contributed by atoms with E-state index in [1.807, 2.05) is 43.3 Å². The number of rotatable bonds is 9. The Labute approximate surface area is 203 Å². The molecule has 1 aliphatic rings. The van der Waals surface area contributed by atoms with Crippen molar-refractivity contribution >= 4 is 23.7 Å². The summed E-state index contributed by atoms with van der Waals surface area (Å²) in [4.78, 5) is 40.4. The number of carbonyl (C=O) groups is 3. The van der Waals surface area contributed by atoms with Gasteiger partial charge in [-0.1, -0.05) is 61.9 Å². The van der Waals surface area contributed by atoms with Gasteiger partial charge in [0.1, 0.15) is 6.61 Å². The molecule has 3 N–H and O–H groups in total. The standard InChI is InChI=1S/C27H27N3O5/c1-2-17(14-24(31)32)15-29-26(33)25-23(12-7-13-28-25)30-27(34)35-16-22-20-10-5-3-8-18(20)19-9-4-6-11-21(19)22/h3-13,17,22H,2,14-16H2,1H3,(H,29,33)(H,30,34)(H,31,32). The van der Waals surface area contributed by atoms with E-state index in [1.54, 1.807) is 12.1 Å². The summed E-state index contributed by atoms with van der Waals surface area (Å²) in [5.74, 6) is -1.69. The molecule has 1 aromatic heterocycles. The fraction of sp³-hybridized carbons (Fsp3) is 0.259. The highest BCUT2D eigenvalue weighted by molar-refractivity contribution is 6.00. The molecular formula is C27H27N3O5. The van der Waals surface area contributed by atoms with Gasteiger partial charge >= 0.3 is 12.1 Å². The van der Waals surface area contributed by atoms with Crippen molar-refractivity contribution in [2.24, 2.45) is 5.92 Å². The van der Waals surface area contributed by atoms with E-state index in [2.05, 4.69) is 27.8 Å². The van der Waals surface area contributed by atoms with Crippen LogP contribution < -0.4 is 10.6 Å². The first-order chi connectivity index (χ1) is 17.0. The van der Waals surface area contributed by atoms with Gasteiger partial charge in [0.15, 0.2) is 5.69 Å². The van der Waals surface area contributed by atoms with E-state index in [-0.39, 0.29) is 42.8 Å². The maximum atomic E-state index is 12.7. The second-order valence-corrected chi connectivity index (χ2v) is 8.43. The Morgan fingerprint density at radius 1 is 1.00 bits per heavy atom. The van der Waals surface area contributed by atoms with Crippen molar-refractivity contribution in [1.29, 1.82) is 0 Å². The Balaban J connectivity index is 1.40. The molecule has 0 spiro atoms. The zero-order valence-corrected chi connectivity index (χ0v) is 19.4. The predicted octanol–water partition coefficient (Wildman–Crippen LogP) is 4.67. The summed E-state index contributed by atoms with van der Waals surface area (Å²) in [6.07, 6.45) is 1.34. The van der Waals surface area contributed by atoms with E-state index in [1.165, 1.54) is 6.20 Å². The minimum atomic E-state index is -0.915. The first kappa shape index (κ1) is 23.9. The van der Waals surface area contributed by atoms with Gasteiger partial charge in [0.2, 0.25) is 0 Å². The smallest absolute Gasteiger partial charge is 0.411 e. The molecule has 1 heterocycles. The maximum absolute atomic E-state index is 12.7. The third-order valence-corrected chi connectivity index (χ3v) is 6.20. The van der Waals surface area contributed by atoms with E-state index in [0.29, 0.717) is 6.42 Å². The van der Waals surface area contributed by atoms with Crippen molar-refractivity contribution < 1.29 is 24.2 Å². The van der Waals surface area contributed by atoms with E-state index in [9.17, 15) is 14.4 Å². The quantitative estimate of drug-likeness (QED) is 0.416. The molecule has 3 aromatic rings. The molecule has 1 unspecified atom stereocenters. The number of benzene rings is 2. The summed E-state index contributed by atoms with van der Waals surface area (Å²) >= 11 is 0. The topological polar surface area (TPSA) is 118 Å². The van der Waals surface area contributed by atoms with Crippen molar-refractivity contribution in [3.05, 3.63) is 83.7 Å². The summed E-state index contributed by atoms with van der Waals surface area (Å²) in [5, 5.41) is 14.3. The predicted molar refractivity (Wildman–Crippen MR) is 131 cm³/mol. The number of carboxylic acids is 1. The first-order valence-electron chi connectivity index (χ1n) is 11.5. The number of aliphatic carboxylic acids is 1. The average molecular weight is 474 g/mol. The molecule has 8 nitrogen and oxygen atoms in total. The third-order valence-electron chi connectivity index (χ3n) is 6.20. The maximum Gasteiger partial charge on any atom is 0.411 e. The highest BCUT2D eigenvalue weighted by Gasteiger charge is 2.29. The van der Waals surface area contributed by atoms with Crippen LogP contribution in [0, 0.1) is 5.92 Å². The highest BCUT2D eigenvalue weighted by atomic mass is 16.5. The Morgan fingerprint density at radius 2 is 1.66 bits per heavy atom. The number of fused-ring (bicyclic) bond motifs is 3. The van der Waals surface area contributed by atoms with Crippen LogP contribution in [-0.2, 0) is 9.53 Å². The zero-order valence-electron chi connectivity index (χ0n) is 19.4. The molecule has 4 rings (SSSR count). The van der Waals surface area contributed by atoms with Gasteiger partial charge in [0.05, 0.1) is 5.69 Å². The van der Waals surface area contributed by atoms with Gasteiger partial charge in [-0.05, 0) is 40.3 Å². The molecule has 0 saturated heterocycles. The van der Waals surface area contributed by atoms with Gasteiger partial charge in [0.25, 0.3) is 5.91 Å². The summed E-state index contributed by atoms with van der Waals surface area (Å²) in [6.45, 7) is 2.21. The Kier molecular flexibility index (Phi) is 7.40. The van der Waals surface area contributed by atoms with Crippen LogP contribution in [0.25, 0.3) is 11.1 Å². The molecule has 35 heavy (non-hydrogen) atoms. The van der Waals surface area contributed by atoms with Gasteiger partial charge in [-0.3, -0.25) is 14.9 Å². The van der Waals surface area contributed by atoms with Crippen LogP contribution >= 0.6 is 0 Å². The van der Waals surface area contributed by atoms with Crippen molar-refractivity contribution in [3.8, 4) is 11.1 Å². The summed E-state index contributed by atoms with van der Waals surface area (Å²) in [7, 11) is 0. The number of carboxylic acid groups (broad SMARTS) is 1. The number of pyridine rings is 1. The molecule has 2 aromatic carbocycles. The number of carbonyl (C=O) groups excluding carboxylic acids is 2. The first-order valence-corrected chi connectivity index (χ1v) is 11.5. The lowest BCUT2D eigenvalue weighted by Gasteiger charge is -2.16. The highest BCUT2D eigenvalue weighted by Crippen LogP contribution is 2.44. The molecule has 1 atom stereocenters. The molecule has 0 saturated carbocycles. The number of nitrogens with zero attached hydrogens (tertiary/aromatic N) is 1. The Morgan fingerprint density at radius 3 is 2.29 bits per heavy atom. The molecular weight excluding hydrogens is 446 g/mol. The minimum Gasteiger partial charge on any atom is -0.481 e. The molecule has 180 valence electrons. The molecule has 0 aliphatic heterocycles. The lowest BCUT2D eigenvalue weighted by atomic mass is 9.98. The molecule has 8 heteroatoms. The van der Waals surface area contributed by atoms with E-state index < -0.39 is 18.0 Å². The van der Waals surface area contributed by atoms with Crippen molar-refractivity contribution in [3.63, 3.8) is 0 Å². The van der Waals surface area contributed by atoms with E-state index in [4.69, 9.17) is 9.84 Å². The zero-order chi connectivity index (χ0) is 24.8. The number of hydrogen-bond donors (Lipinski definition) is 3. The minimum absolute atomic E-state index is 0.0335. The number of amides is 2. The third kappa shape index (κ3) is 5.48. The van der Waals surface area contributed by atoms with Gasteiger partial charge < -0.3 is 15.2 Å². The van der Waals surface area contributed by atoms with Crippen LogP contribution in [-0.4, -0.2) is 41.2 Å². The number of aromatic nitrogens is 1. The largest absolute Gasteiger partial charge is 0.481 e. The molecule has 1 aliphatic carbocycles. The summed E-state index contributed by atoms with van der Waals surface area (Å²) in [6, 6.07) is 19.3. The van der Waals surface area contributed by atoms with Crippen molar-refractivity contribution in [2.45, 2.75) is 25.7 Å². The number of anilines is 1.